The Morgan fingerprint density at radius 2 is 2.10 bits per heavy atom. The number of nitrogens with zero attached hydrogens (tertiary/aromatic N) is 1. The molecule has 1 aromatic rings. The van der Waals surface area contributed by atoms with Crippen molar-refractivity contribution in [2.75, 3.05) is 18.5 Å². The zero-order chi connectivity index (χ0) is 15.4. The molecule has 4 heteroatoms. The van der Waals surface area contributed by atoms with Crippen LogP contribution in [0.4, 0.5) is 5.69 Å². The van der Waals surface area contributed by atoms with E-state index < -0.39 is 0 Å². The molecular formula is C17H27N3O. The van der Waals surface area contributed by atoms with Gasteiger partial charge in [0, 0.05) is 31.4 Å². The molecule has 2 N–H and O–H groups in total. The lowest BCUT2D eigenvalue weighted by atomic mass is 10.1. The van der Waals surface area contributed by atoms with Crippen LogP contribution in [0, 0.1) is 6.92 Å². The summed E-state index contributed by atoms with van der Waals surface area (Å²) >= 11 is 0. The predicted octanol–water partition coefficient (Wildman–Crippen LogP) is 2.21. The Labute approximate surface area is 127 Å². The molecule has 1 saturated carbocycles. The van der Waals surface area contributed by atoms with E-state index in [0.29, 0.717) is 18.6 Å². The average molecular weight is 289 g/mol. The second-order valence-corrected chi connectivity index (χ2v) is 6.35. The van der Waals surface area contributed by atoms with Crippen molar-refractivity contribution < 1.29 is 4.79 Å². The van der Waals surface area contributed by atoms with Crippen molar-refractivity contribution in [3.8, 4) is 0 Å². The summed E-state index contributed by atoms with van der Waals surface area (Å²) in [5, 5.41) is 6.45. The maximum Gasteiger partial charge on any atom is 0.239 e. The molecule has 1 amide bonds. The minimum absolute atomic E-state index is 0.116. The fraction of sp³-hybridized carbons (Fsp3) is 0.588. The summed E-state index contributed by atoms with van der Waals surface area (Å²) in [7, 11) is 1.97. The topological polar surface area (TPSA) is 44.4 Å². The zero-order valence-corrected chi connectivity index (χ0v) is 13.6. The molecule has 2 rings (SSSR count). The number of benzene rings is 1. The first-order valence-corrected chi connectivity index (χ1v) is 7.79. The van der Waals surface area contributed by atoms with Crippen molar-refractivity contribution in [1.29, 1.82) is 0 Å². The highest BCUT2D eigenvalue weighted by Crippen LogP contribution is 2.21. The first kappa shape index (κ1) is 15.8. The lowest BCUT2D eigenvalue weighted by Crippen LogP contribution is -2.36. The fourth-order valence-corrected chi connectivity index (χ4v) is 2.38. The van der Waals surface area contributed by atoms with Gasteiger partial charge < -0.3 is 15.5 Å². The summed E-state index contributed by atoms with van der Waals surface area (Å²) in [6.07, 6.45) is 2.26. The van der Waals surface area contributed by atoms with E-state index in [-0.39, 0.29) is 5.91 Å². The number of amides is 1. The highest BCUT2D eigenvalue weighted by atomic mass is 16.2. The van der Waals surface area contributed by atoms with Crippen LogP contribution in [0.2, 0.25) is 0 Å². The lowest BCUT2D eigenvalue weighted by Gasteiger charge is -2.21. The van der Waals surface area contributed by atoms with Gasteiger partial charge in [-0.1, -0.05) is 26.0 Å². The molecule has 0 spiro atoms. The fourth-order valence-electron chi connectivity index (χ4n) is 2.38. The largest absolute Gasteiger partial charge is 0.365 e. The minimum Gasteiger partial charge on any atom is -0.365 e. The number of anilines is 1. The summed E-state index contributed by atoms with van der Waals surface area (Å²) in [6.45, 7) is 7.69. The van der Waals surface area contributed by atoms with E-state index in [4.69, 9.17) is 0 Å². The molecular weight excluding hydrogens is 262 g/mol. The number of nitrogens with one attached hydrogen (secondary N) is 2. The molecule has 0 radical (unpaired) electrons. The first-order chi connectivity index (χ1) is 9.95. The van der Waals surface area contributed by atoms with Gasteiger partial charge >= 0.3 is 0 Å². The van der Waals surface area contributed by atoms with E-state index >= 15 is 0 Å². The van der Waals surface area contributed by atoms with Crippen LogP contribution in [0.1, 0.15) is 37.8 Å². The highest BCUT2D eigenvalue weighted by molar-refractivity contribution is 5.82. The molecule has 1 aliphatic rings. The molecule has 0 atom stereocenters. The summed E-state index contributed by atoms with van der Waals surface area (Å²) < 4.78 is 0. The number of carbonyl (C=O) groups is 1. The van der Waals surface area contributed by atoms with Gasteiger partial charge in [-0.2, -0.15) is 0 Å². The molecule has 1 aliphatic carbocycles. The van der Waals surface area contributed by atoms with E-state index in [9.17, 15) is 4.79 Å². The van der Waals surface area contributed by atoms with Gasteiger partial charge in [-0.05, 0) is 37.0 Å². The predicted molar refractivity (Wildman–Crippen MR) is 87.6 cm³/mol. The Bertz CT molecular complexity index is 495. The number of aryl methyl sites for hydroxylation is 1. The first-order valence-electron chi connectivity index (χ1n) is 7.79. The second kappa shape index (κ2) is 6.94. The number of hydrogen-bond acceptors (Lipinski definition) is 3. The van der Waals surface area contributed by atoms with Crippen molar-refractivity contribution >= 4 is 11.6 Å². The maximum atomic E-state index is 11.9. The molecule has 0 aromatic heterocycles. The van der Waals surface area contributed by atoms with E-state index in [1.165, 1.54) is 11.1 Å². The molecule has 116 valence electrons. The van der Waals surface area contributed by atoms with E-state index in [0.717, 1.165) is 25.1 Å². The van der Waals surface area contributed by atoms with Crippen LogP contribution in [-0.4, -0.2) is 31.6 Å². The monoisotopic (exact) mass is 289 g/mol. The average Bonchev–Trinajstić information content (AvgIpc) is 3.19. The molecule has 0 bridgehead atoms. The smallest absolute Gasteiger partial charge is 0.239 e. The number of rotatable bonds is 7. The molecule has 0 unspecified atom stereocenters. The van der Waals surface area contributed by atoms with Crippen LogP contribution in [0.25, 0.3) is 0 Å². The van der Waals surface area contributed by atoms with Gasteiger partial charge in [-0.3, -0.25) is 4.79 Å². The third kappa shape index (κ3) is 5.05. The van der Waals surface area contributed by atoms with Gasteiger partial charge in [0.1, 0.15) is 0 Å². The van der Waals surface area contributed by atoms with Crippen LogP contribution < -0.4 is 15.5 Å². The van der Waals surface area contributed by atoms with Gasteiger partial charge in [-0.25, -0.2) is 0 Å². The van der Waals surface area contributed by atoms with E-state index in [1.807, 2.05) is 11.9 Å². The number of likely N-dealkylation sites (N-methyl/N-ethyl adjacent to an activating group) is 1. The molecule has 0 heterocycles. The molecule has 1 aromatic carbocycles. The molecule has 0 saturated heterocycles. The standard InChI is InChI=1S/C17H27N3O/c1-12(2)18-10-14-5-8-16(13(3)9-14)20(4)11-17(21)19-15-6-7-15/h5,8-9,12,15,18H,6-7,10-11H2,1-4H3,(H,19,21). The lowest BCUT2D eigenvalue weighted by molar-refractivity contribution is -0.119. The van der Waals surface area contributed by atoms with E-state index in [2.05, 4.69) is 49.6 Å². The summed E-state index contributed by atoms with van der Waals surface area (Å²) in [5.74, 6) is 0.116. The Kier molecular flexibility index (Phi) is 5.23. The normalized spacial score (nSPS) is 14.3. The minimum atomic E-state index is 0.116. The van der Waals surface area contributed by atoms with E-state index in [1.54, 1.807) is 0 Å². The van der Waals surface area contributed by atoms with Crippen molar-refractivity contribution in [1.82, 2.24) is 10.6 Å². The molecule has 1 fully saturated rings. The number of hydrogen-bond donors (Lipinski definition) is 2. The summed E-state index contributed by atoms with van der Waals surface area (Å²) in [5.41, 5.74) is 3.61. The van der Waals surface area contributed by atoms with Crippen molar-refractivity contribution in [2.24, 2.45) is 0 Å². The third-order valence-electron chi connectivity index (χ3n) is 3.71. The summed E-state index contributed by atoms with van der Waals surface area (Å²) in [4.78, 5) is 13.9. The van der Waals surface area contributed by atoms with Gasteiger partial charge in [0.25, 0.3) is 0 Å². The quantitative estimate of drug-likeness (QED) is 0.809. The molecule has 0 aliphatic heterocycles. The highest BCUT2D eigenvalue weighted by Gasteiger charge is 2.23. The van der Waals surface area contributed by atoms with Crippen LogP contribution in [0.3, 0.4) is 0 Å². The van der Waals surface area contributed by atoms with Crippen LogP contribution in [-0.2, 0) is 11.3 Å². The Morgan fingerprint density at radius 1 is 1.38 bits per heavy atom. The Hall–Kier alpha value is -1.55. The van der Waals surface area contributed by atoms with Crippen molar-refractivity contribution in [2.45, 2.75) is 52.2 Å². The van der Waals surface area contributed by atoms with Gasteiger partial charge in [0.2, 0.25) is 5.91 Å². The zero-order valence-electron chi connectivity index (χ0n) is 13.6. The SMILES string of the molecule is Cc1cc(CNC(C)C)ccc1N(C)CC(=O)NC1CC1. The Balaban J connectivity index is 1.93. The molecule has 4 nitrogen and oxygen atoms in total. The maximum absolute atomic E-state index is 11.9. The number of carbonyl (C=O) groups excluding carboxylic acids is 1. The third-order valence-corrected chi connectivity index (χ3v) is 3.71. The van der Waals surface area contributed by atoms with Crippen LogP contribution in [0.5, 0.6) is 0 Å². The van der Waals surface area contributed by atoms with Gasteiger partial charge in [-0.15, -0.1) is 0 Å². The molecule has 21 heavy (non-hydrogen) atoms. The van der Waals surface area contributed by atoms with Crippen LogP contribution in [0.15, 0.2) is 18.2 Å². The van der Waals surface area contributed by atoms with Gasteiger partial charge in [0.05, 0.1) is 6.54 Å². The van der Waals surface area contributed by atoms with Crippen molar-refractivity contribution in [3.05, 3.63) is 29.3 Å². The Morgan fingerprint density at radius 3 is 2.67 bits per heavy atom. The second-order valence-electron chi connectivity index (χ2n) is 6.35. The van der Waals surface area contributed by atoms with Crippen LogP contribution >= 0.6 is 0 Å². The summed E-state index contributed by atoms with van der Waals surface area (Å²) in [6, 6.07) is 7.35. The van der Waals surface area contributed by atoms with Gasteiger partial charge in [0.15, 0.2) is 0 Å². The van der Waals surface area contributed by atoms with Crippen molar-refractivity contribution in [3.63, 3.8) is 0 Å².